The summed E-state index contributed by atoms with van der Waals surface area (Å²) in [7, 11) is 3.25. The lowest BCUT2D eigenvalue weighted by atomic mass is 9.70. The van der Waals surface area contributed by atoms with Crippen LogP contribution >= 0.6 is 0 Å². The van der Waals surface area contributed by atoms with Crippen LogP contribution in [0.15, 0.2) is 0 Å². The van der Waals surface area contributed by atoms with Crippen molar-refractivity contribution in [2.45, 2.75) is 57.5 Å². The molecule has 1 rings (SSSR count). The van der Waals surface area contributed by atoms with Gasteiger partial charge in [0.2, 0.25) is 0 Å². The average Bonchev–Trinajstić information content (AvgIpc) is 2.38. The van der Waals surface area contributed by atoms with Crippen molar-refractivity contribution in [3.8, 4) is 0 Å². The lowest BCUT2D eigenvalue weighted by molar-refractivity contribution is 0.141. The number of carbonyl (C=O) groups is 2. The highest BCUT2D eigenvalue weighted by Gasteiger charge is 2.39. The summed E-state index contributed by atoms with van der Waals surface area (Å²) < 4.78 is 0. The van der Waals surface area contributed by atoms with E-state index in [0.717, 1.165) is 25.7 Å². The summed E-state index contributed by atoms with van der Waals surface area (Å²) in [6.45, 7) is 6.20. The van der Waals surface area contributed by atoms with Gasteiger partial charge in [0.05, 0.1) is 0 Å². The number of rotatable bonds is 3. The lowest BCUT2D eigenvalue weighted by Gasteiger charge is -2.44. The first kappa shape index (κ1) is 16.6. The molecule has 6 nitrogen and oxygen atoms in total. The Balaban J connectivity index is 2.56. The molecule has 4 N–H and O–H groups in total. The van der Waals surface area contributed by atoms with E-state index in [1.807, 2.05) is 0 Å². The van der Waals surface area contributed by atoms with Gasteiger partial charge in [-0.15, -0.1) is 0 Å². The quantitative estimate of drug-likeness (QED) is 0.634. The molecule has 0 atom stereocenters. The first-order valence-electron chi connectivity index (χ1n) is 7.22. The first-order valence-corrected chi connectivity index (χ1v) is 7.22. The number of urea groups is 2. The minimum Gasteiger partial charge on any atom is -0.341 e. The molecule has 0 aromatic rings. The molecule has 1 aliphatic rings. The predicted octanol–water partition coefficient (Wildman–Crippen LogP) is 1.57. The Morgan fingerprint density at radius 1 is 1.05 bits per heavy atom. The average molecular weight is 284 g/mol. The number of carbonyl (C=O) groups excluding carboxylic acids is 2. The molecule has 0 radical (unpaired) electrons. The minimum absolute atomic E-state index is 0.131. The molecule has 0 unspecified atom stereocenters. The Bertz CT molecular complexity index is 360. The third-order valence-corrected chi connectivity index (χ3v) is 4.41. The van der Waals surface area contributed by atoms with Crippen LogP contribution in [0.25, 0.3) is 0 Å². The second kappa shape index (κ2) is 6.33. The summed E-state index contributed by atoms with van der Waals surface area (Å²) in [5.41, 5.74) is -0.395. The van der Waals surface area contributed by atoms with Crippen LogP contribution in [0.1, 0.15) is 46.5 Å². The van der Waals surface area contributed by atoms with Crippen LogP contribution in [0.4, 0.5) is 9.59 Å². The third kappa shape index (κ3) is 4.28. The Hall–Kier alpha value is -1.46. The molecule has 1 saturated carbocycles. The van der Waals surface area contributed by atoms with Gasteiger partial charge in [-0.2, -0.15) is 0 Å². The zero-order valence-corrected chi connectivity index (χ0v) is 13.2. The molecule has 0 aromatic heterocycles. The van der Waals surface area contributed by atoms with Gasteiger partial charge in [-0.25, -0.2) is 9.59 Å². The van der Waals surface area contributed by atoms with Gasteiger partial charge >= 0.3 is 12.1 Å². The van der Waals surface area contributed by atoms with E-state index in [2.05, 4.69) is 42.0 Å². The van der Waals surface area contributed by atoms with E-state index in [4.69, 9.17) is 0 Å². The fraction of sp³-hybridized carbons (Fsp3) is 0.857. The van der Waals surface area contributed by atoms with Crippen LogP contribution in [0.3, 0.4) is 0 Å². The van der Waals surface area contributed by atoms with Gasteiger partial charge in [-0.05, 0) is 52.4 Å². The molecule has 20 heavy (non-hydrogen) atoms. The number of hydrogen-bond donors (Lipinski definition) is 4. The maximum Gasteiger partial charge on any atom is 0.314 e. The van der Waals surface area contributed by atoms with Gasteiger partial charge in [-0.1, -0.05) is 0 Å². The van der Waals surface area contributed by atoms with Gasteiger partial charge in [0.25, 0.3) is 0 Å². The molecular formula is C14H28N4O2. The molecule has 1 fully saturated rings. The van der Waals surface area contributed by atoms with Gasteiger partial charge in [0.1, 0.15) is 0 Å². The van der Waals surface area contributed by atoms with Crippen molar-refractivity contribution in [3.05, 3.63) is 0 Å². The molecule has 1 aliphatic carbocycles. The number of amides is 4. The van der Waals surface area contributed by atoms with Crippen LogP contribution in [0, 0.1) is 5.92 Å². The lowest BCUT2D eigenvalue weighted by Crippen LogP contribution is -2.56. The maximum atomic E-state index is 11.5. The Morgan fingerprint density at radius 2 is 1.55 bits per heavy atom. The van der Waals surface area contributed by atoms with Gasteiger partial charge in [-0.3, -0.25) is 0 Å². The van der Waals surface area contributed by atoms with E-state index >= 15 is 0 Å². The van der Waals surface area contributed by atoms with E-state index < -0.39 is 0 Å². The van der Waals surface area contributed by atoms with Crippen molar-refractivity contribution in [2.24, 2.45) is 5.92 Å². The molecule has 0 aromatic carbocycles. The molecule has 0 heterocycles. The Labute approximate surface area is 121 Å². The fourth-order valence-electron chi connectivity index (χ4n) is 2.90. The summed E-state index contributed by atoms with van der Waals surface area (Å²) in [6.07, 6.45) is 3.81. The predicted molar refractivity (Wildman–Crippen MR) is 79.6 cm³/mol. The van der Waals surface area contributed by atoms with Crippen LogP contribution < -0.4 is 21.3 Å². The topological polar surface area (TPSA) is 82.3 Å². The van der Waals surface area contributed by atoms with Gasteiger partial charge in [0.15, 0.2) is 0 Å². The fourth-order valence-corrected chi connectivity index (χ4v) is 2.90. The normalized spacial score (nSPS) is 26.6. The maximum absolute atomic E-state index is 11.5. The molecular weight excluding hydrogens is 256 g/mol. The molecule has 0 saturated heterocycles. The number of nitrogens with one attached hydrogen (secondary N) is 4. The van der Waals surface area contributed by atoms with E-state index in [0.29, 0.717) is 5.92 Å². The van der Waals surface area contributed by atoms with Crippen molar-refractivity contribution in [2.75, 3.05) is 14.1 Å². The van der Waals surface area contributed by atoms with Gasteiger partial charge < -0.3 is 21.3 Å². The smallest absolute Gasteiger partial charge is 0.314 e. The van der Waals surface area contributed by atoms with Crippen LogP contribution in [0.2, 0.25) is 0 Å². The molecule has 6 heteroatoms. The van der Waals surface area contributed by atoms with Crippen molar-refractivity contribution in [1.82, 2.24) is 21.3 Å². The zero-order valence-electron chi connectivity index (χ0n) is 13.2. The van der Waals surface area contributed by atoms with Crippen molar-refractivity contribution >= 4 is 12.1 Å². The molecule has 0 aliphatic heterocycles. The highest BCUT2D eigenvalue weighted by Crippen LogP contribution is 2.37. The van der Waals surface area contributed by atoms with Crippen LogP contribution in [-0.4, -0.2) is 37.2 Å². The van der Waals surface area contributed by atoms with E-state index in [9.17, 15) is 9.59 Å². The molecule has 0 bridgehead atoms. The third-order valence-electron chi connectivity index (χ3n) is 4.41. The van der Waals surface area contributed by atoms with Gasteiger partial charge in [0, 0.05) is 25.2 Å². The second-order valence-corrected chi connectivity index (χ2v) is 6.46. The highest BCUT2D eigenvalue weighted by atomic mass is 16.2. The zero-order chi connectivity index (χ0) is 15.4. The summed E-state index contributed by atoms with van der Waals surface area (Å²) in [5, 5.41) is 11.2. The summed E-state index contributed by atoms with van der Waals surface area (Å²) in [5.74, 6) is 0.416. The number of hydrogen-bond acceptors (Lipinski definition) is 2. The van der Waals surface area contributed by atoms with Crippen molar-refractivity contribution in [3.63, 3.8) is 0 Å². The van der Waals surface area contributed by atoms with E-state index in [1.54, 1.807) is 14.1 Å². The van der Waals surface area contributed by atoms with Crippen LogP contribution in [-0.2, 0) is 0 Å². The summed E-state index contributed by atoms with van der Waals surface area (Å²) >= 11 is 0. The molecule has 4 amide bonds. The Morgan fingerprint density at radius 3 is 2.00 bits per heavy atom. The first-order chi connectivity index (χ1) is 9.22. The van der Waals surface area contributed by atoms with Crippen LogP contribution in [0.5, 0.6) is 0 Å². The summed E-state index contributed by atoms with van der Waals surface area (Å²) in [4.78, 5) is 23.0. The second-order valence-electron chi connectivity index (χ2n) is 6.46. The minimum atomic E-state index is -0.242. The molecule has 116 valence electrons. The van der Waals surface area contributed by atoms with E-state index in [-0.39, 0.29) is 23.1 Å². The highest BCUT2D eigenvalue weighted by molar-refractivity contribution is 5.74. The SMILES string of the molecule is CNC(=O)NC1(C)CCC(C(C)(C)NC(=O)NC)CC1. The largest absolute Gasteiger partial charge is 0.341 e. The molecule has 0 spiro atoms. The standard InChI is InChI=1S/C14H28N4O2/c1-13(2,17-11(19)15-4)10-6-8-14(3,9-7-10)18-12(20)16-5/h10H,6-9H2,1-5H3,(H2,15,17,19)(H2,16,18,20). The van der Waals surface area contributed by atoms with Crippen molar-refractivity contribution in [1.29, 1.82) is 0 Å². The monoisotopic (exact) mass is 284 g/mol. The van der Waals surface area contributed by atoms with Crippen molar-refractivity contribution < 1.29 is 9.59 Å². The Kier molecular flexibility index (Phi) is 5.25. The summed E-state index contributed by atoms with van der Waals surface area (Å²) in [6, 6.07) is -0.277. The van der Waals surface area contributed by atoms with E-state index in [1.165, 1.54) is 0 Å².